The van der Waals surface area contributed by atoms with E-state index in [0.717, 1.165) is 23.3 Å². The van der Waals surface area contributed by atoms with Crippen molar-refractivity contribution >= 4 is 11.9 Å². The molecule has 0 spiro atoms. The fourth-order valence-corrected chi connectivity index (χ4v) is 2.88. The first kappa shape index (κ1) is 17.7. The quantitative estimate of drug-likeness (QED) is 0.825. The van der Waals surface area contributed by atoms with Crippen molar-refractivity contribution < 1.29 is 24.2 Å². The monoisotopic (exact) mass is 356 g/mol. The number of ether oxygens (including phenoxy) is 2. The predicted octanol–water partition coefficient (Wildman–Crippen LogP) is 2.43. The van der Waals surface area contributed by atoms with Crippen LogP contribution in [-0.2, 0) is 13.0 Å². The van der Waals surface area contributed by atoms with Gasteiger partial charge in [0.05, 0.1) is 6.61 Å². The van der Waals surface area contributed by atoms with E-state index >= 15 is 0 Å². The molecule has 1 aliphatic heterocycles. The van der Waals surface area contributed by atoms with Crippen molar-refractivity contribution in [2.45, 2.75) is 32.9 Å². The van der Waals surface area contributed by atoms with Crippen LogP contribution in [0.25, 0.3) is 0 Å². The summed E-state index contributed by atoms with van der Waals surface area (Å²) in [5.74, 6) is -0.0391. The molecule has 0 radical (unpaired) electrons. The highest BCUT2D eigenvalue weighted by molar-refractivity contribution is 5.96. The van der Waals surface area contributed by atoms with Crippen LogP contribution in [0.4, 0.5) is 0 Å². The van der Waals surface area contributed by atoms with Crippen LogP contribution in [0.1, 0.15) is 45.8 Å². The Balaban J connectivity index is 1.76. The Bertz CT molecular complexity index is 850. The second kappa shape index (κ2) is 7.43. The van der Waals surface area contributed by atoms with Gasteiger partial charge in [-0.15, -0.1) is 0 Å². The lowest BCUT2D eigenvalue weighted by molar-refractivity contribution is 0.0690. The number of aromatic carboxylic acids is 1. The number of fused-ring (bicyclic) bond motifs is 1. The van der Waals surface area contributed by atoms with E-state index in [1.165, 1.54) is 18.3 Å². The number of carboxylic acids is 1. The highest BCUT2D eigenvalue weighted by atomic mass is 16.5. The lowest BCUT2D eigenvalue weighted by Gasteiger charge is -2.13. The Kier molecular flexibility index (Phi) is 5.06. The lowest BCUT2D eigenvalue weighted by atomic mass is 10.1. The molecule has 1 atom stereocenters. The van der Waals surface area contributed by atoms with Crippen molar-refractivity contribution in [2.75, 3.05) is 6.61 Å². The fraction of sp³-hybridized carbons (Fsp3) is 0.316. The molecular weight excluding hydrogens is 336 g/mol. The molecule has 1 unspecified atom stereocenters. The average Bonchev–Trinajstić information content (AvgIpc) is 2.98. The summed E-state index contributed by atoms with van der Waals surface area (Å²) >= 11 is 0. The molecule has 1 aromatic heterocycles. The van der Waals surface area contributed by atoms with Crippen LogP contribution in [-0.4, -0.2) is 34.7 Å². The Morgan fingerprint density at radius 2 is 2.19 bits per heavy atom. The zero-order valence-electron chi connectivity index (χ0n) is 14.6. The van der Waals surface area contributed by atoms with Crippen LogP contribution >= 0.6 is 0 Å². The molecule has 0 aliphatic carbocycles. The van der Waals surface area contributed by atoms with Gasteiger partial charge in [0.2, 0.25) is 0 Å². The van der Waals surface area contributed by atoms with Crippen molar-refractivity contribution in [3.8, 4) is 11.5 Å². The van der Waals surface area contributed by atoms with Gasteiger partial charge >= 0.3 is 5.97 Å². The Morgan fingerprint density at radius 3 is 2.92 bits per heavy atom. The van der Waals surface area contributed by atoms with Gasteiger partial charge in [-0.05, 0) is 38.1 Å². The molecule has 1 amide bonds. The largest absolute Gasteiger partial charge is 0.494 e. The molecule has 136 valence electrons. The molecule has 0 saturated carbocycles. The summed E-state index contributed by atoms with van der Waals surface area (Å²) in [5.41, 5.74) is 1.96. The molecule has 0 bridgehead atoms. The molecule has 1 aliphatic rings. The maximum Gasteiger partial charge on any atom is 0.354 e. The highest BCUT2D eigenvalue weighted by Crippen LogP contribution is 2.35. The number of aromatic nitrogens is 1. The highest BCUT2D eigenvalue weighted by Gasteiger charge is 2.22. The SMILES string of the molecule is CCOc1cc2c(cc1CNC(=O)c1ccnc(C(=O)O)c1)OC(C)C2. The van der Waals surface area contributed by atoms with Crippen LogP contribution in [0, 0.1) is 0 Å². The minimum absolute atomic E-state index is 0.121. The van der Waals surface area contributed by atoms with E-state index in [1.807, 2.05) is 26.0 Å². The number of hydrogen-bond acceptors (Lipinski definition) is 5. The van der Waals surface area contributed by atoms with Crippen molar-refractivity contribution in [1.29, 1.82) is 0 Å². The van der Waals surface area contributed by atoms with Crippen LogP contribution in [0.3, 0.4) is 0 Å². The van der Waals surface area contributed by atoms with E-state index in [1.54, 1.807) is 0 Å². The zero-order valence-corrected chi connectivity index (χ0v) is 14.6. The number of nitrogens with one attached hydrogen (secondary N) is 1. The van der Waals surface area contributed by atoms with E-state index < -0.39 is 5.97 Å². The molecule has 0 saturated heterocycles. The number of amides is 1. The number of carboxylic acid groups (broad SMARTS) is 1. The molecule has 26 heavy (non-hydrogen) atoms. The minimum atomic E-state index is -1.18. The number of nitrogens with zero attached hydrogens (tertiary/aromatic N) is 1. The normalized spacial score (nSPS) is 15.1. The second-order valence-corrected chi connectivity index (χ2v) is 6.05. The maximum absolute atomic E-state index is 12.3. The number of carbonyl (C=O) groups is 2. The Labute approximate surface area is 151 Å². The molecule has 1 aromatic carbocycles. The molecule has 2 N–H and O–H groups in total. The number of benzene rings is 1. The summed E-state index contributed by atoms with van der Waals surface area (Å²) in [6.45, 7) is 4.66. The van der Waals surface area contributed by atoms with Gasteiger partial charge in [-0.1, -0.05) is 0 Å². The molecule has 7 heteroatoms. The van der Waals surface area contributed by atoms with Crippen molar-refractivity contribution in [3.63, 3.8) is 0 Å². The van der Waals surface area contributed by atoms with E-state index in [0.29, 0.717) is 12.4 Å². The van der Waals surface area contributed by atoms with E-state index in [2.05, 4.69) is 10.3 Å². The van der Waals surface area contributed by atoms with Gasteiger partial charge in [0.1, 0.15) is 23.3 Å². The number of pyridine rings is 1. The summed E-state index contributed by atoms with van der Waals surface area (Å²) in [7, 11) is 0. The van der Waals surface area contributed by atoms with Crippen molar-refractivity contribution in [3.05, 3.63) is 52.8 Å². The summed E-state index contributed by atoms with van der Waals surface area (Å²) in [5, 5.41) is 11.8. The summed E-state index contributed by atoms with van der Waals surface area (Å²) in [6, 6.07) is 6.56. The van der Waals surface area contributed by atoms with Crippen molar-refractivity contribution in [2.24, 2.45) is 0 Å². The molecule has 3 rings (SSSR count). The van der Waals surface area contributed by atoms with Crippen LogP contribution in [0.15, 0.2) is 30.5 Å². The third-order valence-corrected chi connectivity index (χ3v) is 4.06. The molecular formula is C19H20N2O5. The average molecular weight is 356 g/mol. The summed E-state index contributed by atoms with van der Waals surface area (Å²) < 4.78 is 11.5. The van der Waals surface area contributed by atoms with E-state index in [4.69, 9.17) is 14.6 Å². The Morgan fingerprint density at radius 1 is 1.38 bits per heavy atom. The summed E-state index contributed by atoms with van der Waals surface area (Å²) in [4.78, 5) is 27.0. The molecule has 0 fully saturated rings. The van der Waals surface area contributed by atoms with Crippen LogP contribution in [0.2, 0.25) is 0 Å². The van der Waals surface area contributed by atoms with Gasteiger partial charge in [0, 0.05) is 35.9 Å². The van der Waals surface area contributed by atoms with Gasteiger partial charge in [0.15, 0.2) is 0 Å². The van der Waals surface area contributed by atoms with Gasteiger partial charge in [-0.2, -0.15) is 0 Å². The van der Waals surface area contributed by atoms with Gasteiger partial charge in [-0.3, -0.25) is 4.79 Å². The first-order chi connectivity index (χ1) is 12.5. The zero-order chi connectivity index (χ0) is 18.7. The number of carbonyl (C=O) groups excluding carboxylic acids is 1. The van der Waals surface area contributed by atoms with Crippen LogP contribution in [0.5, 0.6) is 11.5 Å². The topological polar surface area (TPSA) is 97.8 Å². The van der Waals surface area contributed by atoms with Gasteiger partial charge in [-0.25, -0.2) is 9.78 Å². The van der Waals surface area contributed by atoms with E-state index in [9.17, 15) is 9.59 Å². The molecule has 2 aromatic rings. The number of rotatable bonds is 6. The van der Waals surface area contributed by atoms with Crippen molar-refractivity contribution in [1.82, 2.24) is 10.3 Å². The smallest absolute Gasteiger partial charge is 0.354 e. The van der Waals surface area contributed by atoms with Crippen LogP contribution < -0.4 is 14.8 Å². The van der Waals surface area contributed by atoms with Gasteiger partial charge in [0.25, 0.3) is 5.91 Å². The van der Waals surface area contributed by atoms with E-state index in [-0.39, 0.29) is 29.8 Å². The summed E-state index contributed by atoms with van der Waals surface area (Å²) in [6.07, 6.45) is 2.25. The maximum atomic E-state index is 12.3. The molecule has 7 nitrogen and oxygen atoms in total. The minimum Gasteiger partial charge on any atom is -0.494 e. The first-order valence-corrected chi connectivity index (χ1v) is 8.40. The second-order valence-electron chi connectivity index (χ2n) is 6.05. The molecule has 2 heterocycles. The van der Waals surface area contributed by atoms with Gasteiger partial charge < -0.3 is 19.9 Å². The standard InChI is InChI=1S/C19H20N2O5/c1-3-25-16-8-13-6-11(2)26-17(13)9-14(16)10-21-18(22)12-4-5-20-15(7-12)19(23)24/h4-5,7-9,11H,3,6,10H2,1-2H3,(H,21,22)(H,23,24). The lowest BCUT2D eigenvalue weighted by Crippen LogP contribution is -2.23. The Hall–Kier alpha value is -3.09. The number of hydrogen-bond donors (Lipinski definition) is 2. The fourth-order valence-electron chi connectivity index (χ4n) is 2.88. The predicted molar refractivity (Wildman–Crippen MR) is 93.8 cm³/mol. The third kappa shape index (κ3) is 3.77. The first-order valence-electron chi connectivity index (χ1n) is 8.40. The third-order valence-electron chi connectivity index (χ3n) is 4.06.